The first-order valence-corrected chi connectivity index (χ1v) is 8.93. The van der Waals surface area contributed by atoms with Gasteiger partial charge in [-0.3, -0.25) is 0 Å². The lowest BCUT2D eigenvalue weighted by molar-refractivity contribution is 0.486. The first-order valence-electron chi connectivity index (χ1n) is 8.93. The van der Waals surface area contributed by atoms with Crippen LogP contribution in [0.1, 0.15) is 89.3 Å². The van der Waals surface area contributed by atoms with Gasteiger partial charge in [0.05, 0.1) is 18.1 Å². The molecule has 3 heteroatoms. The molecule has 3 nitrogen and oxygen atoms in total. The molecule has 1 aromatic rings. The van der Waals surface area contributed by atoms with Crippen molar-refractivity contribution < 1.29 is 0 Å². The summed E-state index contributed by atoms with van der Waals surface area (Å²) in [6, 6.07) is 0.417. The molecule has 0 bridgehead atoms. The lowest BCUT2D eigenvalue weighted by Gasteiger charge is -2.13. The average Bonchev–Trinajstić information content (AvgIpc) is 2.91. The molecule has 1 aromatic heterocycles. The number of aromatic nitrogens is 2. The molecule has 0 spiro atoms. The van der Waals surface area contributed by atoms with Crippen LogP contribution in [0.15, 0.2) is 12.5 Å². The average molecular weight is 293 g/mol. The minimum atomic E-state index is 0.417. The third-order valence-electron chi connectivity index (χ3n) is 4.28. The third-order valence-corrected chi connectivity index (χ3v) is 4.28. The van der Waals surface area contributed by atoms with E-state index in [-0.39, 0.29) is 0 Å². The van der Waals surface area contributed by atoms with E-state index in [2.05, 4.69) is 23.4 Å². The Morgan fingerprint density at radius 2 is 1.57 bits per heavy atom. The number of nitrogens with one attached hydrogen (secondary N) is 1. The molecule has 1 N–H and O–H groups in total. The molecule has 0 amide bonds. The zero-order valence-electron chi connectivity index (χ0n) is 14.4. The normalized spacial score (nSPS) is 12.7. The van der Waals surface area contributed by atoms with E-state index in [1.165, 1.54) is 76.3 Å². The van der Waals surface area contributed by atoms with Crippen LogP contribution in [0.4, 0.5) is 0 Å². The molecule has 21 heavy (non-hydrogen) atoms. The number of aryl methyl sites for hydroxylation is 1. The van der Waals surface area contributed by atoms with Gasteiger partial charge in [-0.1, -0.05) is 71.1 Å². The van der Waals surface area contributed by atoms with Crippen LogP contribution >= 0.6 is 0 Å². The lowest BCUT2D eigenvalue weighted by atomic mass is 10.0. The fourth-order valence-corrected chi connectivity index (χ4v) is 2.89. The van der Waals surface area contributed by atoms with E-state index in [1.807, 2.05) is 25.0 Å². The summed E-state index contributed by atoms with van der Waals surface area (Å²) in [4.78, 5) is 4.45. The van der Waals surface area contributed by atoms with Crippen LogP contribution in [0.3, 0.4) is 0 Å². The van der Waals surface area contributed by atoms with Gasteiger partial charge in [0, 0.05) is 13.2 Å². The Labute approximate surface area is 131 Å². The van der Waals surface area contributed by atoms with Crippen molar-refractivity contribution in [3.8, 4) is 0 Å². The molecule has 0 aromatic carbocycles. The van der Waals surface area contributed by atoms with Crippen molar-refractivity contribution in [1.82, 2.24) is 14.9 Å². The summed E-state index contributed by atoms with van der Waals surface area (Å²) in [5.41, 5.74) is 1.18. The van der Waals surface area contributed by atoms with E-state index >= 15 is 0 Å². The second-order valence-electron chi connectivity index (χ2n) is 6.28. The van der Waals surface area contributed by atoms with Crippen molar-refractivity contribution >= 4 is 0 Å². The van der Waals surface area contributed by atoms with E-state index in [0.29, 0.717) is 6.04 Å². The molecule has 122 valence electrons. The molecule has 0 aliphatic carbocycles. The largest absolute Gasteiger partial charge is 0.340 e. The van der Waals surface area contributed by atoms with Crippen LogP contribution in [0.2, 0.25) is 0 Å². The van der Waals surface area contributed by atoms with Crippen LogP contribution in [0.5, 0.6) is 0 Å². The Morgan fingerprint density at radius 3 is 2.05 bits per heavy atom. The van der Waals surface area contributed by atoms with Crippen LogP contribution in [-0.2, 0) is 7.05 Å². The number of hydrogen-bond donors (Lipinski definition) is 1. The van der Waals surface area contributed by atoms with Gasteiger partial charge >= 0.3 is 0 Å². The zero-order chi connectivity index (χ0) is 15.3. The maximum absolute atomic E-state index is 4.45. The fraction of sp³-hybridized carbons (Fsp3) is 0.833. The number of hydrogen-bond acceptors (Lipinski definition) is 2. The summed E-state index contributed by atoms with van der Waals surface area (Å²) in [6.45, 7) is 2.28. The van der Waals surface area contributed by atoms with Gasteiger partial charge in [-0.2, -0.15) is 0 Å². The summed E-state index contributed by atoms with van der Waals surface area (Å²) in [5.74, 6) is 0. The number of rotatable bonds is 13. The topological polar surface area (TPSA) is 29.9 Å². The third kappa shape index (κ3) is 8.25. The quantitative estimate of drug-likeness (QED) is 0.519. The van der Waals surface area contributed by atoms with Gasteiger partial charge in [0.15, 0.2) is 0 Å². The Hall–Kier alpha value is -0.830. The molecule has 1 atom stereocenters. The van der Waals surface area contributed by atoms with Crippen molar-refractivity contribution in [2.45, 2.75) is 83.6 Å². The van der Waals surface area contributed by atoms with Gasteiger partial charge in [-0.15, -0.1) is 0 Å². The van der Waals surface area contributed by atoms with E-state index in [1.54, 1.807) is 0 Å². The molecular formula is C18H35N3. The minimum absolute atomic E-state index is 0.417. The molecule has 0 aliphatic heterocycles. The van der Waals surface area contributed by atoms with Crippen LogP contribution in [-0.4, -0.2) is 16.6 Å². The van der Waals surface area contributed by atoms with Crippen LogP contribution in [0.25, 0.3) is 0 Å². The van der Waals surface area contributed by atoms with Gasteiger partial charge in [0.2, 0.25) is 0 Å². The van der Waals surface area contributed by atoms with Gasteiger partial charge in [-0.05, 0) is 13.5 Å². The predicted octanol–water partition coefficient (Wildman–Crippen LogP) is 4.99. The smallest absolute Gasteiger partial charge is 0.0947 e. The molecule has 1 rings (SSSR count). The highest BCUT2D eigenvalue weighted by Crippen LogP contribution is 2.18. The van der Waals surface area contributed by atoms with E-state index < -0.39 is 0 Å². The molecule has 0 saturated heterocycles. The predicted molar refractivity (Wildman–Crippen MR) is 91.5 cm³/mol. The summed E-state index contributed by atoms with van der Waals surface area (Å²) in [6.07, 6.45) is 19.2. The van der Waals surface area contributed by atoms with Crippen molar-refractivity contribution in [1.29, 1.82) is 0 Å². The van der Waals surface area contributed by atoms with Crippen LogP contribution < -0.4 is 5.32 Å². The molecule has 0 saturated carbocycles. The molecule has 1 unspecified atom stereocenters. The molecular weight excluding hydrogens is 258 g/mol. The fourth-order valence-electron chi connectivity index (χ4n) is 2.89. The van der Waals surface area contributed by atoms with Crippen molar-refractivity contribution in [2.24, 2.45) is 7.05 Å². The summed E-state index contributed by atoms with van der Waals surface area (Å²) >= 11 is 0. The Bertz CT molecular complexity index is 346. The van der Waals surface area contributed by atoms with Gasteiger partial charge in [-0.25, -0.2) is 4.98 Å². The summed E-state index contributed by atoms with van der Waals surface area (Å²) in [5, 5.41) is 3.39. The number of nitrogens with zero attached hydrogens (tertiary/aromatic N) is 2. The first-order chi connectivity index (χ1) is 10.3. The molecule has 1 heterocycles. The monoisotopic (exact) mass is 293 g/mol. The Morgan fingerprint density at radius 1 is 1.00 bits per heavy atom. The van der Waals surface area contributed by atoms with E-state index in [0.717, 1.165) is 0 Å². The van der Waals surface area contributed by atoms with Crippen molar-refractivity contribution in [2.75, 3.05) is 7.05 Å². The lowest BCUT2D eigenvalue weighted by Crippen LogP contribution is -2.16. The highest BCUT2D eigenvalue weighted by Gasteiger charge is 2.10. The summed E-state index contributed by atoms with van der Waals surface area (Å²) in [7, 11) is 4.07. The first kappa shape index (κ1) is 18.2. The summed E-state index contributed by atoms with van der Waals surface area (Å²) < 4.78 is 2.03. The SMILES string of the molecule is CCCCCCCCCCCCC(NC)c1cn(C)cn1. The Kier molecular flexibility index (Phi) is 10.2. The zero-order valence-corrected chi connectivity index (χ0v) is 14.4. The maximum Gasteiger partial charge on any atom is 0.0947 e. The minimum Gasteiger partial charge on any atom is -0.340 e. The van der Waals surface area contributed by atoms with Crippen LogP contribution in [0, 0.1) is 0 Å². The van der Waals surface area contributed by atoms with Gasteiger partial charge < -0.3 is 9.88 Å². The van der Waals surface area contributed by atoms with Gasteiger partial charge in [0.25, 0.3) is 0 Å². The molecule has 0 radical (unpaired) electrons. The van der Waals surface area contributed by atoms with Gasteiger partial charge in [0.1, 0.15) is 0 Å². The Balaban J connectivity index is 1.98. The van der Waals surface area contributed by atoms with Crippen molar-refractivity contribution in [3.05, 3.63) is 18.2 Å². The maximum atomic E-state index is 4.45. The van der Waals surface area contributed by atoms with E-state index in [9.17, 15) is 0 Å². The standard InChI is InChI=1S/C18H35N3/c1-4-5-6-7-8-9-10-11-12-13-14-17(19-2)18-15-21(3)16-20-18/h15-17,19H,4-14H2,1-3H3. The highest BCUT2D eigenvalue weighted by atomic mass is 15.0. The molecule has 0 aliphatic rings. The van der Waals surface area contributed by atoms with E-state index in [4.69, 9.17) is 0 Å². The second-order valence-corrected chi connectivity index (χ2v) is 6.28. The highest BCUT2D eigenvalue weighted by molar-refractivity contribution is 5.03. The number of unbranched alkanes of at least 4 members (excludes halogenated alkanes) is 9. The second kappa shape index (κ2) is 11.8. The molecule has 0 fully saturated rings. The number of imidazole rings is 1. The van der Waals surface area contributed by atoms with Crippen molar-refractivity contribution in [3.63, 3.8) is 0 Å².